The molecule has 4 nitrogen and oxygen atoms in total. The second kappa shape index (κ2) is 5.17. The molecule has 2 atom stereocenters. The minimum atomic E-state index is 0.419. The van der Waals surface area contributed by atoms with Crippen LogP contribution in [-0.4, -0.2) is 28.8 Å². The van der Waals surface area contributed by atoms with E-state index in [0.717, 1.165) is 25.2 Å². The largest absolute Gasteiger partial charge is 0.381 e. The van der Waals surface area contributed by atoms with Gasteiger partial charge in [0.25, 0.3) is 0 Å². The molecule has 1 saturated carbocycles. The van der Waals surface area contributed by atoms with Gasteiger partial charge in [-0.05, 0) is 19.3 Å². The van der Waals surface area contributed by atoms with Gasteiger partial charge in [-0.3, -0.25) is 0 Å². The number of aromatic nitrogens is 2. The maximum atomic E-state index is 5.92. The van der Waals surface area contributed by atoms with Gasteiger partial charge < -0.3 is 14.6 Å². The molecular weight excluding hydrogens is 226 g/mol. The van der Waals surface area contributed by atoms with Gasteiger partial charge in [0.2, 0.25) is 0 Å². The molecule has 0 saturated heterocycles. The summed E-state index contributed by atoms with van der Waals surface area (Å²) >= 11 is 5.92. The third-order valence-electron chi connectivity index (χ3n) is 3.29. The summed E-state index contributed by atoms with van der Waals surface area (Å²) < 4.78 is 7.24. The van der Waals surface area contributed by atoms with E-state index in [1.165, 1.54) is 6.42 Å². The van der Waals surface area contributed by atoms with Crippen LogP contribution in [0.3, 0.4) is 0 Å². The summed E-state index contributed by atoms with van der Waals surface area (Å²) in [6, 6.07) is 0.542. The van der Waals surface area contributed by atoms with Crippen LogP contribution in [-0.2, 0) is 18.3 Å². The zero-order valence-electron chi connectivity index (χ0n) is 9.74. The minimum Gasteiger partial charge on any atom is -0.381 e. The summed E-state index contributed by atoms with van der Waals surface area (Å²) in [5, 5.41) is 4.17. The van der Waals surface area contributed by atoms with Gasteiger partial charge in [-0.15, -0.1) is 0 Å². The Kier molecular flexibility index (Phi) is 3.84. The summed E-state index contributed by atoms with van der Waals surface area (Å²) in [6.45, 7) is 0.768. The number of rotatable bonds is 4. The Balaban J connectivity index is 1.82. The van der Waals surface area contributed by atoms with Crippen LogP contribution in [0.25, 0.3) is 0 Å². The van der Waals surface area contributed by atoms with Crippen molar-refractivity contribution < 1.29 is 4.74 Å². The number of ether oxygens (including phenoxy) is 1. The van der Waals surface area contributed by atoms with E-state index in [0.29, 0.717) is 17.3 Å². The first-order chi connectivity index (χ1) is 7.70. The molecule has 5 heteroatoms. The highest BCUT2D eigenvalue weighted by Gasteiger charge is 2.24. The lowest BCUT2D eigenvalue weighted by Crippen LogP contribution is -2.27. The molecule has 0 bridgehead atoms. The fraction of sp³-hybridized carbons (Fsp3) is 0.727. The smallest absolute Gasteiger partial charge is 0.128 e. The molecule has 90 valence electrons. The van der Waals surface area contributed by atoms with Crippen molar-refractivity contribution in [3.8, 4) is 0 Å². The molecule has 0 amide bonds. The molecule has 1 fully saturated rings. The molecule has 1 N–H and O–H groups in total. The van der Waals surface area contributed by atoms with Crippen molar-refractivity contribution in [3.63, 3.8) is 0 Å². The van der Waals surface area contributed by atoms with E-state index >= 15 is 0 Å². The Labute approximate surface area is 101 Å². The Morgan fingerprint density at radius 2 is 2.44 bits per heavy atom. The highest BCUT2D eigenvalue weighted by molar-refractivity contribution is 6.29. The average Bonchev–Trinajstić information content (AvgIpc) is 2.86. The molecule has 2 rings (SSSR count). The van der Waals surface area contributed by atoms with Gasteiger partial charge in [0, 0.05) is 20.2 Å². The SMILES string of the molecule is COC1CCC(NCc2ncc(Cl)n2C)C1. The summed E-state index contributed by atoms with van der Waals surface area (Å²) in [5.74, 6) is 0.978. The fourth-order valence-electron chi connectivity index (χ4n) is 2.16. The van der Waals surface area contributed by atoms with Crippen molar-refractivity contribution in [1.82, 2.24) is 14.9 Å². The van der Waals surface area contributed by atoms with Gasteiger partial charge in [-0.1, -0.05) is 11.6 Å². The van der Waals surface area contributed by atoms with Gasteiger partial charge in [-0.25, -0.2) is 4.98 Å². The second-order valence-electron chi connectivity index (χ2n) is 4.30. The standard InChI is InChI=1S/C11H18ClN3O/c1-15-10(12)6-14-11(15)7-13-8-3-4-9(5-8)16-2/h6,8-9,13H,3-5,7H2,1-2H3. The molecule has 1 aliphatic carbocycles. The van der Waals surface area contributed by atoms with Crippen LogP contribution >= 0.6 is 11.6 Å². The first-order valence-electron chi connectivity index (χ1n) is 5.63. The summed E-state index contributed by atoms with van der Waals surface area (Å²) in [4.78, 5) is 4.25. The van der Waals surface area contributed by atoms with Gasteiger partial charge in [0.05, 0.1) is 18.8 Å². The van der Waals surface area contributed by atoms with E-state index in [-0.39, 0.29) is 0 Å². The zero-order valence-corrected chi connectivity index (χ0v) is 10.5. The van der Waals surface area contributed by atoms with Crippen LogP contribution in [0, 0.1) is 0 Å². The summed E-state index contributed by atoms with van der Waals surface area (Å²) in [7, 11) is 3.71. The predicted octanol–water partition coefficient (Wildman–Crippen LogP) is 1.73. The fourth-order valence-corrected chi connectivity index (χ4v) is 2.31. The van der Waals surface area contributed by atoms with Gasteiger partial charge in [0.1, 0.15) is 11.0 Å². The van der Waals surface area contributed by atoms with E-state index in [1.54, 1.807) is 13.3 Å². The van der Waals surface area contributed by atoms with Crippen molar-refractivity contribution in [3.05, 3.63) is 17.2 Å². The molecule has 1 aliphatic rings. The lowest BCUT2D eigenvalue weighted by Gasteiger charge is -2.12. The molecule has 0 radical (unpaired) electrons. The van der Waals surface area contributed by atoms with Crippen molar-refractivity contribution in [2.75, 3.05) is 7.11 Å². The Hall–Kier alpha value is -0.580. The van der Waals surface area contributed by atoms with E-state index in [9.17, 15) is 0 Å². The third-order valence-corrected chi connectivity index (χ3v) is 3.65. The van der Waals surface area contributed by atoms with Crippen molar-refractivity contribution in [2.45, 2.75) is 38.0 Å². The van der Waals surface area contributed by atoms with Gasteiger partial charge in [-0.2, -0.15) is 0 Å². The van der Waals surface area contributed by atoms with E-state index < -0.39 is 0 Å². The minimum absolute atomic E-state index is 0.419. The normalized spacial score (nSPS) is 25.2. The number of halogens is 1. The quantitative estimate of drug-likeness (QED) is 0.876. The number of hydrogen-bond acceptors (Lipinski definition) is 3. The number of nitrogens with zero attached hydrogens (tertiary/aromatic N) is 2. The predicted molar refractivity (Wildman–Crippen MR) is 63.5 cm³/mol. The van der Waals surface area contributed by atoms with Crippen molar-refractivity contribution in [2.24, 2.45) is 7.05 Å². The average molecular weight is 244 g/mol. The monoisotopic (exact) mass is 243 g/mol. The summed E-state index contributed by atoms with van der Waals surface area (Å²) in [5.41, 5.74) is 0. The van der Waals surface area contributed by atoms with Crippen LogP contribution in [0.4, 0.5) is 0 Å². The molecular formula is C11H18ClN3O. The van der Waals surface area contributed by atoms with Gasteiger partial charge >= 0.3 is 0 Å². The van der Waals surface area contributed by atoms with E-state index in [4.69, 9.17) is 16.3 Å². The summed E-state index contributed by atoms with van der Waals surface area (Å²) in [6.07, 6.45) is 5.52. The molecule has 2 unspecified atom stereocenters. The molecule has 0 aliphatic heterocycles. The Bertz CT molecular complexity index is 353. The second-order valence-corrected chi connectivity index (χ2v) is 4.69. The highest BCUT2D eigenvalue weighted by Crippen LogP contribution is 2.21. The van der Waals surface area contributed by atoms with Crippen molar-refractivity contribution >= 4 is 11.6 Å². The van der Waals surface area contributed by atoms with Crippen LogP contribution in [0.1, 0.15) is 25.1 Å². The highest BCUT2D eigenvalue weighted by atomic mass is 35.5. The molecule has 1 heterocycles. The lowest BCUT2D eigenvalue weighted by molar-refractivity contribution is 0.107. The number of methoxy groups -OCH3 is 1. The molecule has 0 spiro atoms. The lowest BCUT2D eigenvalue weighted by atomic mass is 10.2. The first kappa shape index (κ1) is 11.9. The number of imidazole rings is 1. The van der Waals surface area contributed by atoms with Gasteiger partial charge in [0.15, 0.2) is 0 Å². The maximum absolute atomic E-state index is 5.92. The number of nitrogens with one attached hydrogen (secondary N) is 1. The van der Waals surface area contributed by atoms with E-state index in [1.807, 2.05) is 11.6 Å². The van der Waals surface area contributed by atoms with Crippen LogP contribution in [0.5, 0.6) is 0 Å². The van der Waals surface area contributed by atoms with Crippen molar-refractivity contribution in [1.29, 1.82) is 0 Å². The number of hydrogen-bond donors (Lipinski definition) is 1. The Morgan fingerprint density at radius 1 is 1.62 bits per heavy atom. The Morgan fingerprint density at radius 3 is 3.00 bits per heavy atom. The third kappa shape index (κ3) is 2.56. The first-order valence-corrected chi connectivity index (χ1v) is 6.00. The van der Waals surface area contributed by atoms with Crippen LogP contribution < -0.4 is 5.32 Å². The molecule has 0 aromatic carbocycles. The van der Waals surface area contributed by atoms with Crippen LogP contribution in [0.2, 0.25) is 5.15 Å². The topological polar surface area (TPSA) is 39.1 Å². The maximum Gasteiger partial charge on any atom is 0.128 e. The van der Waals surface area contributed by atoms with E-state index in [2.05, 4.69) is 10.3 Å². The van der Waals surface area contributed by atoms with Crippen LogP contribution in [0.15, 0.2) is 6.20 Å². The zero-order chi connectivity index (χ0) is 11.5. The molecule has 1 aromatic rings. The molecule has 1 aromatic heterocycles. The molecule has 16 heavy (non-hydrogen) atoms.